The number of thiazole rings is 2. The van der Waals surface area contributed by atoms with Gasteiger partial charge in [0.1, 0.15) is 0 Å². The van der Waals surface area contributed by atoms with Crippen LogP contribution in [0.5, 0.6) is 5.88 Å². The lowest BCUT2D eigenvalue weighted by Gasteiger charge is -2.07. The molecule has 6 nitrogen and oxygen atoms in total. The van der Waals surface area contributed by atoms with E-state index >= 15 is 0 Å². The highest BCUT2D eigenvalue weighted by atomic mass is 32.1. The quantitative estimate of drug-likeness (QED) is 0.447. The third kappa shape index (κ3) is 3.04. The number of aryl methyl sites for hydroxylation is 2. The van der Waals surface area contributed by atoms with Crippen LogP contribution in [0.2, 0.25) is 0 Å². The first kappa shape index (κ1) is 17.3. The number of hydrogen-bond acceptors (Lipinski definition) is 7. The van der Waals surface area contributed by atoms with Gasteiger partial charge in [0.25, 0.3) is 0 Å². The average molecular weight is 408 g/mol. The molecular formula is C20H17N5OS2. The molecule has 5 aromatic rings. The Balaban J connectivity index is 1.43. The molecule has 0 unspecified atom stereocenters. The molecule has 0 radical (unpaired) electrons. The molecule has 0 aliphatic rings. The normalized spacial score (nSPS) is 11.5. The van der Waals surface area contributed by atoms with Gasteiger partial charge < -0.3 is 9.72 Å². The number of benzene rings is 1. The van der Waals surface area contributed by atoms with Crippen molar-refractivity contribution in [1.29, 1.82) is 0 Å². The predicted molar refractivity (Wildman–Crippen MR) is 113 cm³/mol. The number of para-hydroxylation sites is 1. The number of nitrogens with zero attached hydrogens (tertiary/aromatic N) is 4. The van der Waals surface area contributed by atoms with Gasteiger partial charge in [-0.05, 0) is 25.5 Å². The Labute approximate surface area is 169 Å². The minimum atomic E-state index is 0.519. The summed E-state index contributed by atoms with van der Waals surface area (Å²) in [5.41, 5.74) is 5.80. The number of hydrogen-bond donors (Lipinski definition) is 1. The molecule has 4 heterocycles. The van der Waals surface area contributed by atoms with E-state index in [1.165, 1.54) is 22.3 Å². The van der Waals surface area contributed by atoms with Crippen LogP contribution in [0.15, 0.2) is 36.0 Å². The van der Waals surface area contributed by atoms with Crippen molar-refractivity contribution in [3.05, 3.63) is 52.2 Å². The van der Waals surface area contributed by atoms with Crippen LogP contribution in [0, 0.1) is 13.8 Å². The Morgan fingerprint density at radius 1 is 1.11 bits per heavy atom. The summed E-state index contributed by atoms with van der Waals surface area (Å²) in [6.45, 7) is 4.49. The highest BCUT2D eigenvalue weighted by Gasteiger charge is 2.17. The summed E-state index contributed by atoms with van der Waals surface area (Å²) in [6.07, 6.45) is 2.83. The molecule has 8 heteroatoms. The number of rotatable bonds is 5. The molecule has 0 atom stereocenters. The first-order valence-electron chi connectivity index (χ1n) is 8.92. The SMILES string of the molecule is Cc1nc(C)c(-c2nc(OCCc3c[nH]c4ccccc34)c3ncsc3n2)s1. The Morgan fingerprint density at radius 2 is 2.00 bits per heavy atom. The summed E-state index contributed by atoms with van der Waals surface area (Å²) in [7, 11) is 0. The summed E-state index contributed by atoms with van der Waals surface area (Å²) in [5, 5.41) is 2.23. The van der Waals surface area contributed by atoms with Crippen LogP contribution in [0.25, 0.3) is 32.0 Å². The van der Waals surface area contributed by atoms with Crippen LogP contribution in [0.3, 0.4) is 0 Å². The van der Waals surface area contributed by atoms with Gasteiger partial charge in [-0.25, -0.2) is 15.0 Å². The van der Waals surface area contributed by atoms with Gasteiger partial charge in [0.2, 0.25) is 5.88 Å². The van der Waals surface area contributed by atoms with Gasteiger partial charge in [0, 0.05) is 23.5 Å². The maximum Gasteiger partial charge on any atom is 0.245 e. The van der Waals surface area contributed by atoms with Crippen molar-refractivity contribution in [2.75, 3.05) is 6.61 Å². The lowest BCUT2D eigenvalue weighted by Crippen LogP contribution is -2.04. The zero-order valence-corrected chi connectivity index (χ0v) is 17.0. The minimum Gasteiger partial charge on any atom is -0.476 e. The van der Waals surface area contributed by atoms with Crippen molar-refractivity contribution < 1.29 is 4.74 Å². The smallest absolute Gasteiger partial charge is 0.245 e. The molecule has 5 rings (SSSR count). The minimum absolute atomic E-state index is 0.519. The summed E-state index contributed by atoms with van der Waals surface area (Å²) in [5.74, 6) is 1.19. The molecule has 28 heavy (non-hydrogen) atoms. The Hall–Kier alpha value is -2.84. The fourth-order valence-corrected chi connectivity index (χ4v) is 4.78. The van der Waals surface area contributed by atoms with Crippen LogP contribution in [-0.2, 0) is 6.42 Å². The van der Waals surface area contributed by atoms with E-state index in [1.54, 1.807) is 16.8 Å². The lowest BCUT2D eigenvalue weighted by molar-refractivity contribution is 0.313. The van der Waals surface area contributed by atoms with Crippen LogP contribution in [-0.4, -0.2) is 31.5 Å². The largest absolute Gasteiger partial charge is 0.476 e. The van der Waals surface area contributed by atoms with Crippen molar-refractivity contribution in [2.24, 2.45) is 0 Å². The van der Waals surface area contributed by atoms with E-state index in [2.05, 4.69) is 43.1 Å². The van der Waals surface area contributed by atoms with Crippen molar-refractivity contribution in [1.82, 2.24) is 24.9 Å². The van der Waals surface area contributed by atoms with Crippen LogP contribution in [0.1, 0.15) is 16.3 Å². The van der Waals surface area contributed by atoms with Crippen LogP contribution in [0.4, 0.5) is 0 Å². The monoisotopic (exact) mass is 407 g/mol. The Kier molecular flexibility index (Phi) is 4.29. The van der Waals surface area contributed by atoms with E-state index in [0.29, 0.717) is 23.8 Å². The van der Waals surface area contributed by atoms with Crippen LogP contribution < -0.4 is 4.74 Å². The van der Waals surface area contributed by atoms with E-state index in [-0.39, 0.29) is 0 Å². The van der Waals surface area contributed by atoms with Gasteiger partial charge in [-0.2, -0.15) is 4.98 Å². The molecule has 4 aromatic heterocycles. The maximum atomic E-state index is 6.07. The van der Waals surface area contributed by atoms with Gasteiger partial charge in [0.15, 0.2) is 16.2 Å². The van der Waals surface area contributed by atoms with Crippen molar-refractivity contribution in [3.8, 4) is 16.6 Å². The number of aromatic amines is 1. The van der Waals surface area contributed by atoms with Gasteiger partial charge in [-0.15, -0.1) is 22.7 Å². The lowest BCUT2D eigenvalue weighted by atomic mass is 10.1. The van der Waals surface area contributed by atoms with Gasteiger partial charge in [-0.1, -0.05) is 18.2 Å². The highest BCUT2D eigenvalue weighted by molar-refractivity contribution is 7.16. The molecule has 0 aliphatic heterocycles. The standard InChI is InChI=1S/C20H17N5OS2/c1-11-17(28-12(2)23-11)18-24-19(16-20(25-18)27-10-22-16)26-8-7-13-9-21-15-6-4-3-5-14(13)15/h3-6,9-10,21H,7-8H2,1-2H3. The molecule has 0 amide bonds. The average Bonchev–Trinajstić information content (AvgIpc) is 3.40. The summed E-state index contributed by atoms with van der Waals surface area (Å²) in [4.78, 5) is 23.3. The molecule has 140 valence electrons. The fraction of sp³-hybridized carbons (Fsp3) is 0.200. The first-order chi connectivity index (χ1) is 13.7. The van der Waals surface area contributed by atoms with Gasteiger partial charge in [-0.3, -0.25) is 0 Å². The zero-order chi connectivity index (χ0) is 19.1. The predicted octanol–water partition coefficient (Wildman–Crippen LogP) is 4.93. The second-order valence-electron chi connectivity index (χ2n) is 6.46. The number of nitrogens with one attached hydrogen (secondary N) is 1. The summed E-state index contributed by atoms with van der Waals surface area (Å²) in [6, 6.07) is 8.28. The van der Waals surface area contributed by atoms with E-state index in [0.717, 1.165) is 32.3 Å². The fourth-order valence-electron chi connectivity index (χ4n) is 3.27. The molecular weight excluding hydrogens is 390 g/mol. The van der Waals surface area contributed by atoms with Gasteiger partial charge in [0.05, 0.1) is 27.7 Å². The number of fused-ring (bicyclic) bond motifs is 2. The molecule has 1 N–H and O–H groups in total. The Bertz CT molecular complexity index is 1290. The maximum absolute atomic E-state index is 6.07. The van der Waals surface area contributed by atoms with E-state index in [1.807, 2.05) is 26.1 Å². The van der Waals surface area contributed by atoms with Crippen LogP contribution >= 0.6 is 22.7 Å². The van der Waals surface area contributed by atoms with E-state index in [9.17, 15) is 0 Å². The third-order valence-corrected chi connectivity index (χ3v) is 6.35. The highest BCUT2D eigenvalue weighted by Crippen LogP contribution is 2.32. The molecule has 1 aromatic carbocycles. The topological polar surface area (TPSA) is 76.6 Å². The third-order valence-electron chi connectivity index (χ3n) is 4.56. The number of H-pyrrole nitrogens is 1. The molecule has 0 aliphatic carbocycles. The number of ether oxygens (including phenoxy) is 1. The zero-order valence-electron chi connectivity index (χ0n) is 15.4. The summed E-state index contributed by atoms with van der Waals surface area (Å²) >= 11 is 3.09. The molecule has 0 saturated carbocycles. The van der Waals surface area contributed by atoms with Crippen molar-refractivity contribution in [2.45, 2.75) is 20.3 Å². The molecule has 0 bridgehead atoms. The van der Waals surface area contributed by atoms with Crippen molar-refractivity contribution in [3.63, 3.8) is 0 Å². The second-order valence-corrected chi connectivity index (χ2v) is 8.50. The molecule has 0 spiro atoms. The Morgan fingerprint density at radius 3 is 2.86 bits per heavy atom. The summed E-state index contributed by atoms with van der Waals surface area (Å²) < 4.78 is 6.07. The molecule has 0 saturated heterocycles. The van der Waals surface area contributed by atoms with E-state index in [4.69, 9.17) is 4.74 Å². The first-order valence-corrected chi connectivity index (χ1v) is 10.6. The second kappa shape index (κ2) is 6.96. The van der Waals surface area contributed by atoms with Crippen molar-refractivity contribution >= 4 is 43.9 Å². The van der Waals surface area contributed by atoms with Gasteiger partial charge >= 0.3 is 0 Å². The van der Waals surface area contributed by atoms with E-state index < -0.39 is 0 Å². The number of aromatic nitrogens is 5. The molecule has 0 fully saturated rings.